The number of halogens is 2. The fraction of sp³-hybridized carbons (Fsp3) is 1.00. The highest BCUT2D eigenvalue weighted by molar-refractivity contribution is 14.1. The molecule has 0 bridgehead atoms. The van der Waals surface area contributed by atoms with Crippen molar-refractivity contribution in [2.75, 3.05) is 22.4 Å². The predicted molar refractivity (Wildman–Crippen MR) is 67.0 cm³/mol. The van der Waals surface area contributed by atoms with Crippen LogP contribution in [0.15, 0.2) is 0 Å². The summed E-state index contributed by atoms with van der Waals surface area (Å²) in [4.78, 5) is 0. The molecule has 0 saturated carbocycles. The fourth-order valence-corrected chi connectivity index (χ4v) is 3.20. The van der Waals surface area contributed by atoms with E-state index in [1.54, 1.807) is 0 Å². The summed E-state index contributed by atoms with van der Waals surface area (Å²) in [6.45, 7) is 0.712. The van der Waals surface area contributed by atoms with E-state index in [2.05, 4.69) is 45.2 Å². The van der Waals surface area contributed by atoms with Crippen LogP contribution >= 0.6 is 45.2 Å². The van der Waals surface area contributed by atoms with E-state index in [-0.39, 0.29) is 24.4 Å². The molecule has 2 saturated heterocycles. The van der Waals surface area contributed by atoms with Gasteiger partial charge in [0, 0.05) is 8.86 Å². The topological polar surface area (TPSA) is 36.9 Å². The SMILES string of the molecule is IC[C@@H]1OCO[C@@H]2[C@H]1OCO[C@@H]2CI. The molecule has 0 unspecified atom stereocenters. The lowest BCUT2D eigenvalue weighted by Gasteiger charge is -2.43. The van der Waals surface area contributed by atoms with E-state index in [1.807, 2.05) is 0 Å². The lowest BCUT2D eigenvalue weighted by atomic mass is 10.0. The first-order valence-corrected chi connectivity index (χ1v) is 7.50. The molecular weight excluding hydrogens is 414 g/mol. The zero-order valence-electron chi connectivity index (χ0n) is 7.53. The third kappa shape index (κ3) is 2.34. The molecule has 2 rings (SSSR count). The lowest BCUT2D eigenvalue weighted by molar-refractivity contribution is -0.314. The van der Waals surface area contributed by atoms with Crippen molar-refractivity contribution >= 4 is 45.2 Å². The van der Waals surface area contributed by atoms with E-state index in [1.165, 1.54) is 0 Å². The highest BCUT2D eigenvalue weighted by Crippen LogP contribution is 2.27. The Morgan fingerprint density at radius 1 is 0.786 bits per heavy atom. The lowest BCUT2D eigenvalue weighted by Crippen LogP contribution is -2.57. The molecule has 14 heavy (non-hydrogen) atoms. The van der Waals surface area contributed by atoms with E-state index in [0.717, 1.165) is 8.86 Å². The average Bonchev–Trinajstić information content (AvgIpc) is 2.27. The fourth-order valence-electron chi connectivity index (χ4n) is 1.69. The molecule has 2 aliphatic heterocycles. The number of hydrogen-bond donors (Lipinski definition) is 0. The number of alkyl halides is 2. The molecule has 82 valence electrons. The van der Waals surface area contributed by atoms with Crippen molar-refractivity contribution in [3.63, 3.8) is 0 Å². The largest absolute Gasteiger partial charge is 0.349 e. The average molecular weight is 426 g/mol. The van der Waals surface area contributed by atoms with Gasteiger partial charge in [-0.2, -0.15) is 0 Å². The maximum Gasteiger partial charge on any atom is 0.147 e. The van der Waals surface area contributed by atoms with Crippen LogP contribution in [-0.2, 0) is 18.9 Å². The molecule has 0 aromatic rings. The van der Waals surface area contributed by atoms with Crippen LogP contribution in [0.25, 0.3) is 0 Å². The monoisotopic (exact) mass is 426 g/mol. The number of ether oxygens (including phenoxy) is 4. The van der Waals surface area contributed by atoms with Gasteiger partial charge in [-0.05, 0) is 0 Å². The highest BCUT2D eigenvalue weighted by Gasteiger charge is 2.43. The van der Waals surface area contributed by atoms with Crippen LogP contribution in [-0.4, -0.2) is 46.9 Å². The second kappa shape index (κ2) is 5.58. The molecule has 2 heterocycles. The summed E-state index contributed by atoms with van der Waals surface area (Å²) in [5, 5.41) is 0. The van der Waals surface area contributed by atoms with Gasteiger partial charge in [-0.25, -0.2) is 0 Å². The van der Waals surface area contributed by atoms with Crippen molar-refractivity contribution in [1.29, 1.82) is 0 Å². The highest BCUT2D eigenvalue weighted by atomic mass is 127. The minimum atomic E-state index is 0.0363. The van der Waals surface area contributed by atoms with Crippen molar-refractivity contribution in [3.05, 3.63) is 0 Å². The van der Waals surface area contributed by atoms with Gasteiger partial charge in [0.15, 0.2) is 0 Å². The second-order valence-corrected chi connectivity index (χ2v) is 4.98. The standard InChI is InChI=1S/C8H12I2O4/c9-1-5-7-8(14-3-11-5)6(2-10)12-4-13-7/h5-8H,1-4H2/t5-,6+,7-,8-/m0/s1. The number of hydrogen-bond acceptors (Lipinski definition) is 4. The van der Waals surface area contributed by atoms with E-state index in [4.69, 9.17) is 18.9 Å². The molecule has 0 aromatic heterocycles. The van der Waals surface area contributed by atoms with Gasteiger partial charge in [-0.1, -0.05) is 45.2 Å². The Bertz CT molecular complexity index is 172. The summed E-state index contributed by atoms with van der Waals surface area (Å²) in [6.07, 6.45) is 0.357. The molecule has 4 atom stereocenters. The van der Waals surface area contributed by atoms with E-state index < -0.39 is 0 Å². The van der Waals surface area contributed by atoms with E-state index >= 15 is 0 Å². The molecule has 0 N–H and O–H groups in total. The first-order chi connectivity index (χ1) is 6.86. The maximum atomic E-state index is 5.54. The maximum absolute atomic E-state index is 5.54. The van der Waals surface area contributed by atoms with Gasteiger partial charge >= 0.3 is 0 Å². The second-order valence-electron chi connectivity index (χ2n) is 3.22. The van der Waals surface area contributed by atoms with Gasteiger partial charge in [-0.15, -0.1) is 0 Å². The Labute approximate surface area is 110 Å². The summed E-state index contributed by atoms with van der Waals surface area (Å²) in [7, 11) is 0. The van der Waals surface area contributed by atoms with Gasteiger partial charge in [0.25, 0.3) is 0 Å². The van der Waals surface area contributed by atoms with Crippen LogP contribution in [0.3, 0.4) is 0 Å². The Morgan fingerprint density at radius 2 is 1.21 bits per heavy atom. The molecule has 4 nitrogen and oxygen atoms in total. The molecule has 2 fully saturated rings. The summed E-state index contributed by atoms with van der Waals surface area (Å²) in [5.74, 6) is 0. The van der Waals surface area contributed by atoms with Crippen LogP contribution in [0.2, 0.25) is 0 Å². The van der Waals surface area contributed by atoms with Crippen molar-refractivity contribution < 1.29 is 18.9 Å². The molecular formula is C8H12I2O4. The first-order valence-electron chi connectivity index (χ1n) is 4.45. The van der Waals surface area contributed by atoms with Crippen molar-refractivity contribution in [3.8, 4) is 0 Å². The van der Waals surface area contributed by atoms with Gasteiger partial charge in [-0.3, -0.25) is 0 Å². The summed E-state index contributed by atoms with van der Waals surface area (Å²) in [5.41, 5.74) is 0. The van der Waals surface area contributed by atoms with Crippen LogP contribution in [0, 0.1) is 0 Å². The predicted octanol–water partition coefficient (Wildman–Crippen LogP) is 1.34. The van der Waals surface area contributed by atoms with Gasteiger partial charge in [0.05, 0.1) is 12.2 Å². The third-order valence-electron chi connectivity index (χ3n) is 2.45. The van der Waals surface area contributed by atoms with Crippen molar-refractivity contribution in [1.82, 2.24) is 0 Å². The van der Waals surface area contributed by atoms with Gasteiger partial charge in [0.2, 0.25) is 0 Å². The molecule has 0 spiro atoms. The third-order valence-corrected chi connectivity index (χ3v) is 4.18. The summed E-state index contributed by atoms with van der Waals surface area (Å²) in [6, 6.07) is 0. The Hall–Kier alpha value is 1.30. The number of fused-ring (bicyclic) bond motifs is 1. The van der Waals surface area contributed by atoms with E-state index in [9.17, 15) is 0 Å². The van der Waals surface area contributed by atoms with Crippen molar-refractivity contribution in [2.45, 2.75) is 24.4 Å². The molecule has 0 amide bonds. The minimum Gasteiger partial charge on any atom is -0.349 e. The van der Waals surface area contributed by atoms with Crippen molar-refractivity contribution in [2.24, 2.45) is 0 Å². The Morgan fingerprint density at radius 3 is 1.57 bits per heavy atom. The van der Waals surface area contributed by atoms with Crippen LogP contribution in [0.4, 0.5) is 0 Å². The Kier molecular flexibility index (Phi) is 4.69. The van der Waals surface area contributed by atoms with Crippen LogP contribution < -0.4 is 0 Å². The van der Waals surface area contributed by atoms with Gasteiger partial charge in [0.1, 0.15) is 25.8 Å². The zero-order valence-corrected chi connectivity index (χ0v) is 11.8. The molecule has 0 aromatic carbocycles. The van der Waals surface area contributed by atoms with Gasteiger partial charge < -0.3 is 18.9 Å². The quantitative estimate of drug-likeness (QED) is 0.494. The first kappa shape index (κ1) is 11.8. The summed E-state index contributed by atoms with van der Waals surface area (Å²) < 4.78 is 23.9. The van der Waals surface area contributed by atoms with Crippen LogP contribution in [0.1, 0.15) is 0 Å². The molecule has 6 heteroatoms. The van der Waals surface area contributed by atoms with Crippen LogP contribution in [0.5, 0.6) is 0 Å². The van der Waals surface area contributed by atoms with E-state index in [0.29, 0.717) is 13.6 Å². The number of rotatable bonds is 2. The molecule has 0 radical (unpaired) electrons. The molecule has 2 aliphatic rings. The summed E-state index contributed by atoms with van der Waals surface area (Å²) >= 11 is 4.62. The smallest absolute Gasteiger partial charge is 0.147 e. The zero-order chi connectivity index (χ0) is 9.97. The normalized spacial score (nSPS) is 43.3. The molecule has 0 aliphatic carbocycles. The minimum absolute atomic E-state index is 0.0363. The Balaban J connectivity index is 2.04.